The molecule has 1 aromatic rings. The first-order valence-corrected chi connectivity index (χ1v) is 12.1. The monoisotopic (exact) mass is 423 g/mol. The highest BCUT2D eigenvalue weighted by Crippen LogP contribution is 2.42. The van der Waals surface area contributed by atoms with Crippen molar-refractivity contribution in [2.24, 2.45) is 11.3 Å². The number of imidazole rings is 1. The minimum atomic E-state index is -3.42. The Kier molecular flexibility index (Phi) is 6.98. The van der Waals surface area contributed by atoms with E-state index in [1.807, 2.05) is 24.7 Å². The molecular formula is C21H33N3O4S. The van der Waals surface area contributed by atoms with Gasteiger partial charge in [0, 0.05) is 13.5 Å². The van der Waals surface area contributed by atoms with Crippen molar-refractivity contribution in [3.63, 3.8) is 0 Å². The van der Waals surface area contributed by atoms with Crippen LogP contribution in [0.2, 0.25) is 0 Å². The molecular weight excluding hydrogens is 390 g/mol. The smallest absolute Gasteiger partial charge is 0.230 e. The lowest BCUT2D eigenvalue weighted by Gasteiger charge is -2.38. The van der Waals surface area contributed by atoms with Gasteiger partial charge in [-0.3, -0.25) is 4.84 Å². The molecule has 1 aromatic heterocycles. The second-order valence-corrected chi connectivity index (χ2v) is 10.7. The van der Waals surface area contributed by atoms with Gasteiger partial charge in [0.2, 0.25) is 10.0 Å². The molecule has 2 aliphatic rings. The lowest BCUT2D eigenvalue weighted by atomic mass is 9.71. The summed E-state index contributed by atoms with van der Waals surface area (Å²) in [5.41, 5.74) is 2.50. The second-order valence-electron chi connectivity index (χ2n) is 8.98. The van der Waals surface area contributed by atoms with Gasteiger partial charge in [0.25, 0.3) is 0 Å². The number of ether oxygens (including phenoxy) is 1. The maximum absolute atomic E-state index is 11.6. The van der Waals surface area contributed by atoms with Crippen LogP contribution in [-0.2, 0) is 19.6 Å². The van der Waals surface area contributed by atoms with Crippen LogP contribution >= 0.6 is 0 Å². The summed E-state index contributed by atoms with van der Waals surface area (Å²) >= 11 is 0. The summed E-state index contributed by atoms with van der Waals surface area (Å²) in [7, 11) is -1.75. The molecule has 8 heteroatoms. The summed E-state index contributed by atoms with van der Waals surface area (Å²) in [6, 6.07) is 0.0796. The van der Waals surface area contributed by atoms with Crippen LogP contribution in [0.3, 0.4) is 0 Å². The summed E-state index contributed by atoms with van der Waals surface area (Å²) in [5.74, 6) is 0.325. The number of hydrogen-bond donors (Lipinski definition) is 1. The molecule has 1 saturated carbocycles. The Balaban J connectivity index is 1.76. The number of methoxy groups -OCH3 is 1. The molecule has 0 radical (unpaired) electrons. The quantitative estimate of drug-likeness (QED) is 0.615. The summed E-state index contributed by atoms with van der Waals surface area (Å²) < 4.78 is 30.5. The predicted molar refractivity (Wildman–Crippen MR) is 113 cm³/mol. The summed E-state index contributed by atoms with van der Waals surface area (Å²) in [6.45, 7) is 5.14. The van der Waals surface area contributed by atoms with Crippen molar-refractivity contribution in [1.29, 1.82) is 0 Å². The summed E-state index contributed by atoms with van der Waals surface area (Å²) in [6.07, 6.45) is 15.9. The van der Waals surface area contributed by atoms with Gasteiger partial charge in [-0.25, -0.2) is 13.4 Å². The number of fused-ring (bicyclic) bond motifs is 1. The lowest BCUT2D eigenvalue weighted by molar-refractivity contribution is -0.0460. The predicted octanol–water partition coefficient (Wildman–Crippen LogP) is 3.48. The molecule has 29 heavy (non-hydrogen) atoms. The van der Waals surface area contributed by atoms with Crippen molar-refractivity contribution in [2.45, 2.75) is 58.1 Å². The Morgan fingerprint density at radius 2 is 2.10 bits per heavy atom. The van der Waals surface area contributed by atoms with Gasteiger partial charge in [0.15, 0.2) is 0 Å². The number of hydrogen-bond acceptors (Lipinski definition) is 5. The molecule has 1 fully saturated rings. The van der Waals surface area contributed by atoms with Crippen LogP contribution in [0.4, 0.5) is 0 Å². The average molecular weight is 424 g/mol. The fourth-order valence-corrected chi connectivity index (χ4v) is 4.58. The third kappa shape index (κ3) is 6.01. The lowest BCUT2D eigenvalue weighted by Crippen LogP contribution is -2.37. The van der Waals surface area contributed by atoms with Gasteiger partial charge >= 0.3 is 0 Å². The molecule has 2 heterocycles. The zero-order valence-electron chi connectivity index (χ0n) is 17.8. The topological polar surface area (TPSA) is 82.5 Å². The van der Waals surface area contributed by atoms with Crippen LogP contribution in [0.5, 0.6) is 0 Å². The van der Waals surface area contributed by atoms with E-state index in [0.717, 1.165) is 43.2 Å². The van der Waals surface area contributed by atoms with Gasteiger partial charge in [0.05, 0.1) is 43.2 Å². The third-order valence-corrected chi connectivity index (χ3v) is 6.38. The first-order valence-electron chi connectivity index (χ1n) is 10.2. The Morgan fingerprint density at radius 3 is 2.76 bits per heavy atom. The molecule has 2 atom stereocenters. The molecule has 0 saturated heterocycles. The molecule has 162 valence electrons. The molecule has 3 rings (SSSR count). The molecule has 1 aliphatic carbocycles. The van der Waals surface area contributed by atoms with Crippen molar-refractivity contribution < 1.29 is 18.0 Å². The van der Waals surface area contributed by atoms with E-state index in [0.29, 0.717) is 24.4 Å². The fraction of sp³-hybridized carbons (Fsp3) is 0.667. The Labute approximate surface area is 174 Å². The van der Waals surface area contributed by atoms with Gasteiger partial charge in [-0.15, -0.1) is 0 Å². The van der Waals surface area contributed by atoms with E-state index in [2.05, 4.69) is 34.4 Å². The fourth-order valence-electron chi connectivity index (χ4n) is 4.28. The first-order chi connectivity index (χ1) is 13.7. The van der Waals surface area contributed by atoms with E-state index in [1.54, 1.807) is 7.11 Å². The van der Waals surface area contributed by atoms with E-state index >= 15 is 0 Å². The maximum Gasteiger partial charge on any atom is 0.230 e. The Bertz CT molecular complexity index is 847. The second kappa shape index (κ2) is 9.12. The minimum absolute atomic E-state index is 0.0796. The highest BCUT2D eigenvalue weighted by molar-refractivity contribution is 7.88. The summed E-state index contributed by atoms with van der Waals surface area (Å²) in [5, 5.41) is 0. The van der Waals surface area contributed by atoms with Crippen molar-refractivity contribution in [2.75, 3.05) is 20.0 Å². The highest BCUT2D eigenvalue weighted by Gasteiger charge is 2.35. The minimum Gasteiger partial charge on any atom is -0.381 e. The molecule has 7 nitrogen and oxygen atoms in total. The molecule has 1 N–H and O–H groups in total. The van der Waals surface area contributed by atoms with Crippen LogP contribution in [-0.4, -0.2) is 44.0 Å². The molecule has 0 bridgehead atoms. The normalized spacial score (nSPS) is 23.3. The number of allylic oxidation sites excluding steroid dienone is 3. The van der Waals surface area contributed by atoms with E-state index < -0.39 is 10.0 Å². The Morgan fingerprint density at radius 1 is 1.38 bits per heavy atom. The molecule has 0 aromatic carbocycles. The maximum atomic E-state index is 11.6. The van der Waals surface area contributed by atoms with Gasteiger partial charge in [0.1, 0.15) is 0 Å². The van der Waals surface area contributed by atoms with Crippen LogP contribution in [0, 0.1) is 11.3 Å². The Hall–Kier alpha value is -1.48. The van der Waals surface area contributed by atoms with E-state index in [-0.39, 0.29) is 12.1 Å². The highest BCUT2D eigenvalue weighted by atomic mass is 32.2. The van der Waals surface area contributed by atoms with E-state index in [4.69, 9.17) is 9.57 Å². The van der Waals surface area contributed by atoms with Gasteiger partial charge in [-0.1, -0.05) is 37.0 Å². The number of rotatable bonds is 9. The standard InChI is InChI=1S/C21H33N3O4S/c1-21(2)9-7-16(8-10-21)20(28-23-29(4,25)26)13-18-12-17(6-5-11-27-3)19-14-22-15-24(18)19/h5-6,12,14-16,18,20,23H,7-11,13H2,1-4H3/b6-5-. The van der Waals surface area contributed by atoms with Crippen LogP contribution < -0.4 is 4.89 Å². The number of nitrogens with one attached hydrogen (secondary N) is 1. The SMILES string of the molecule is COC/C=C\C1=CC(CC(ONS(C)(=O)=O)C2CCC(C)(C)CC2)n2cncc21. The molecule has 1 aliphatic heterocycles. The number of sulfonamides is 1. The molecule has 0 amide bonds. The van der Waals surface area contributed by atoms with Gasteiger partial charge < -0.3 is 9.30 Å². The van der Waals surface area contributed by atoms with Crippen molar-refractivity contribution in [1.82, 2.24) is 14.4 Å². The average Bonchev–Trinajstić information content (AvgIpc) is 3.23. The zero-order chi connectivity index (χ0) is 21.1. The van der Waals surface area contributed by atoms with Crippen LogP contribution in [0.1, 0.15) is 57.7 Å². The van der Waals surface area contributed by atoms with Gasteiger partial charge in [-0.05, 0) is 42.6 Å². The molecule has 0 spiro atoms. The van der Waals surface area contributed by atoms with Gasteiger partial charge in [-0.2, -0.15) is 0 Å². The first kappa shape index (κ1) is 22.2. The summed E-state index contributed by atoms with van der Waals surface area (Å²) in [4.78, 5) is 12.3. The van der Waals surface area contributed by atoms with Crippen molar-refractivity contribution in [3.05, 3.63) is 36.4 Å². The molecule has 2 unspecified atom stereocenters. The van der Waals surface area contributed by atoms with E-state index in [1.165, 1.54) is 0 Å². The van der Waals surface area contributed by atoms with E-state index in [9.17, 15) is 8.42 Å². The van der Waals surface area contributed by atoms with Crippen LogP contribution in [0.15, 0.2) is 30.8 Å². The van der Waals surface area contributed by atoms with Crippen LogP contribution in [0.25, 0.3) is 5.57 Å². The van der Waals surface area contributed by atoms with Crippen molar-refractivity contribution >= 4 is 15.6 Å². The largest absolute Gasteiger partial charge is 0.381 e. The number of aromatic nitrogens is 2. The number of nitrogens with zero attached hydrogens (tertiary/aromatic N) is 2. The zero-order valence-corrected chi connectivity index (χ0v) is 18.6. The third-order valence-electron chi connectivity index (χ3n) is 5.99. The van der Waals surface area contributed by atoms with Crippen molar-refractivity contribution in [3.8, 4) is 0 Å².